The van der Waals surface area contributed by atoms with Gasteiger partial charge in [0.1, 0.15) is 11.6 Å². The van der Waals surface area contributed by atoms with Crippen molar-refractivity contribution >= 4 is 27.5 Å². The molecule has 1 unspecified atom stereocenters. The van der Waals surface area contributed by atoms with E-state index in [1.54, 1.807) is 0 Å². The molecule has 0 saturated heterocycles. The summed E-state index contributed by atoms with van der Waals surface area (Å²) in [5, 5.41) is 3.45. The van der Waals surface area contributed by atoms with Gasteiger partial charge in [-0.2, -0.15) is 0 Å². The van der Waals surface area contributed by atoms with Gasteiger partial charge >= 0.3 is 0 Å². The van der Waals surface area contributed by atoms with Gasteiger partial charge in [0.05, 0.1) is 16.1 Å². The zero-order chi connectivity index (χ0) is 12.4. The number of hydrogen-bond donors (Lipinski definition) is 1. The fraction of sp³-hybridized carbons (Fsp3) is 0.500. The molecule has 0 saturated carbocycles. The minimum atomic E-state index is -0.377. The Morgan fingerprint density at radius 1 is 1.65 bits per heavy atom. The molecule has 1 heterocycles. The zero-order valence-corrected chi connectivity index (χ0v) is 11.9. The molecule has 17 heavy (non-hydrogen) atoms. The first-order valence-electron chi connectivity index (χ1n) is 5.68. The predicted octanol–water partition coefficient (Wildman–Crippen LogP) is 4.06. The van der Waals surface area contributed by atoms with Gasteiger partial charge in [0.2, 0.25) is 0 Å². The van der Waals surface area contributed by atoms with Crippen LogP contribution in [0.2, 0.25) is 5.02 Å². The van der Waals surface area contributed by atoms with Crippen molar-refractivity contribution < 1.29 is 9.13 Å². The molecule has 1 atom stereocenters. The molecule has 1 aliphatic heterocycles. The lowest BCUT2D eigenvalue weighted by Gasteiger charge is -2.28. The lowest BCUT2D eigenvalue weighted by Crippen LogP contribution is -2.28. The average Bonchev–Trinajstić information content (AvgIpc) is 2.33. The van der Waals surface area contributed by atoms with Gasteiger partial charge in [-0.05, 0) is 35.0 Å². The van der Waals surface area contributed by atoms with Gasteiger partial charge in [0.25, 0.3) is 0 Å². The lowest BCUT2D eigenvalue weighted by molar-refractivity contribution is 0.246. The number of nitrogens with one attached hydrogen (secondary N) is 1. The summed E-state index contributed by atoms with van der Waals surface area (Å²) < 4.78 is 20.3. The van der Waals surface area contributed by atoms with Gasteiger partial charge < -0.3 is 10.1 Å². The molecule has 0 fully saturated rings. The number of benzene rings is 1. The third-order valence-corrected chi connectivity index (χ3v) is 3.67. The van der Waals surface area contributed by atoms with Gasteiger partial charge in [0, 0.05) is 18.0 Å². The molecule has 0 aliphatic carbocycles. The van der Waals surface area contributed by atoms with Crippen molar-refractivity contribution in [1.29, 1.82) is 0 Å². The van der Waals surface area contributed by atoms with Crippen LogP contribution in [0.5, 0.6) is 5.75 Å². The van der Waals surface area contributed by atoms with Gasteiger partial charge in [-0.15, -0.1) is 0 Å². The summed E-state index contributed by atoms with van der Waals surface area (Å²) in [6.45, 7) is 3.53. The highest BCUT2D eigenvalue weighted by Crippen LogP contribution is 2.42. The summed E-state index contributed by atoms with van der Waals surface area (Å²) in [4.78, 5) is 0. The molecule has 0 aromatic heterocycles. The minimum Gasteiger partial charge on any atom is -0.492 e. The Balaban J connectivity index is 2.41. The van der Waals surface area contributed by atoms with Crippen molar-refractivity contribution in [2.75, 3.05) is 13.2 Å². The van der Waals surface area contributed by atoms with Crippen LogP contribution >= 0.6 is 27.5 Å². The maximum absolute atomic E-state index is 14.1. The van der Waals surface area contributed by atoms with E-state index in [9.17, 15) is 4.39 Å². The van der Waals surface area contributed by atoms with Crippen molar-refractivity contribution in [3.63, 3.8) is 0 Å². The Morgan fingerprint density at radius 3 is 3.12 bits per heavy atom. The van der Waals surface area contributed by atoms with Crippen LogP contribution in [0, 0.1) is 5.82 Å². The number of rotatable bonds is 3. The Labute approximate surface area is 114 Å². The van der Waals surface area contributed by atoms with Gasteiger partial charge in [0.15, 0.2) is 0 Å². The molecule has 2 rings (SSSR count). The van der Waals surface area contributed by atoms with E-state index in [4.69, 9.17) is 16.3 Å². The van der Waals surface area contributed by atoms with Gasteiger partial charge in [-0.25, -0.2) is 4.39 Å². The molecule has 1 aromatic carbocycles. The molecule has 0 bridgehead atoms. The molecular weight excluding hydrogens is 308 g/mol. The maximum atomic E-state index is 14.1. The Kier molecular flexibility index (Phi) is 4.28. The van der Waals surface area contributed by atoms with Crippen LogP contribution in [0.15, 0.2) is 10.5 Å². The summed E-state index contributed by atoms with van der Waals surface area (Å²) in [6.07, 6.45) is 1.77. The number of halogens is 3. The Morgan fingerprint density at radius 2 is 2.41 bits per heavy atom. The molecule has 1 N–H and O–H groups in total. The predicted molar refractivity (Wildman–Crippen MR) is 70.3 cm³/mol. The normalized spacial score (nSPS) is 18.7. The first kappa shape index (κ1) is 13.1. The fourth-order valence-electron chi connectivity index (χ4n) is 2.00. The first-order chi connectivity index (χ1) is 8.15. The van der Waals surface area contributed by atoms with Crippen LogP contribution in [0.25, 0.3) is 0 Å². The molecule has 0 spiro atoms. The van der Waals surface area contributed by atoms with Crippen molar-refractivity contribution in [2.45, 2.75) is 25.8 Å². The highest BCUT2D eigenvalue weighted by atomic mass is 79.9. The second kappa shape index (κ2) is 5.55. The molecule has 2 nitrogen and oxygen atoms in total. The van der Waals surface area contributed by atoms with Crippen LogP contribution in [0.4, 0.5) is 4.39 Å². The maximum Gasteiger partial charge on any atom is 0.150 e. The van der Waals surface area contributed by atoms with E-state index in [2.05, 4.69) is 28.2 Å². The minimum absolute atomic E-state index is 0.0197. The van der Waals surface area contributed by atoms with E-state index < -0.39 is 0 Å². The monoisotopic (exact) mass is 321 g/mol. The molecule has 5 heteroatoms. The van der Waals surface area contributed by atoms with Crippen LogP contribution in [0.3, 0.4) is 0 Å². The number of ether oxygens (including phenoxy) is 1. The third kappa shape index (κ3) is 2.59. The quantitative estimate of drug-likeness (QED) is 0.847. The Bertz CT molecular complexity index is 427. The summed E-state index contributed by atoms with van der Waals surface area (Å²) >= 11 is 9.22. The van der Waals surface area contributed by atoms with E-state index in [0.717, 1.165) is 19.4 Å². The number of hydrogen-bond acceptors (Lipinski definition) is 2. The summed E-state index contributed by atoms with van der Waals surface area (Å²) in [5.41, 5.74) is 0.545. The highest BCUT2D eigenvalue weighted by Gasteiger charge is 2.28. The SMILES string of the molecule is CCCNC1CCOc2c(Br)cc(Cl)c(F)c21. The van der Waals surface area contributed by atoms with Crippen molar-refractivity contribution in [3.05, 3.63) is 26.9 Å². The lowest BCUT2D eigenvalue weighted by atomic mass is 9.99. The van der Waals surface area contributed by atoms with Crippen LogP contribution in [-0.4, -0.2) is 13.2 Å². The average molecular weight is 323 g/mol. The van der Waals surface area contributed by atoms with Gasteiger partial charge in [-0.1, -0.05) is 18.5 Å². The molecule has 1 aromatic rings. The van der Waals surface area contributed by atoms with Gasteiger partial charge in [-0.3, -0.25) is 0 Å². The van der Waals surface area contributed by atoms with Crippen molar-refractivity contribution in [2.24, 2.45) is 0 Å². The van der Waals surface area contributed by atoms with Crippen LogP contribution in [-0.2, 0) is 0 Å². The van der Waals surface area contributed by atoms with E-state index in [1.165, 1.54) is 6.07 Å². The van der Waals surface area contributed by atoms with Crippen molar-refractivity contribution in [1.82, 2.24) is 5.32 Å². The molecule has 94 valence electrons. The molecular formula is C12H14BrClFNO. The van der Waals surface area contributed by atoms with E-state index >= 15 is 0 Å². The second-order valence-electron chi connectivity index (χ2n) is 4.04. The highest BCUT2D eigenvalue weighted by molar-refractivity contribution is 9.10. The third-order valence-electron chi connectivity index (χ3n) is 2.80. The smallest absolute Gasteiger partial charge is 0.150 e. The fourth-order valence-corrected chi connectivity index (χ4v) is 2.90. The topological polar surface area (TPSA) is 21.3 Å². The van der Waals surface area contributed by atoms with E-state index in [-0.39, 0.29) is 16.9 Å². The first-order valence-corrected chi connectivity index (χ1v) is 6.85. The van der Waals surface area contributed by atoms with Crippen LogP contribution < -0.4 is 10.1 Å². The summed E-state index contributed by atoms with van der Waals surface area (Å²) in [6, 6.07) is 1.52. The van der Waals surface area contributed by atoms with E-state index in [0.29, 0.717) is 22.4 Å². The summed E-state index contributed by atoms with van der Waals surface area (Å²) in [7, 11) is 0. The molecule has 0 radical (unpaired) electrons. The second-order valence-corrected chi connectivity index (χ2v) is 5.30. The molecule has 0 amide bonds. The zero-order valence-electron chi connectivity index (χ0n) is 9.53. The number of fused-ring (bicyclic) bond motifs is 1. The van der Waals surface area contributed by atoms with Crippen molar-refractivity contribution in [3.8, 4) is 5.75 Å². The standard InChI is InChI=1S/C12H14BrClFNO/c1-2-4-16-9-3-5-17-12-7(13)6-8(14)11(15)10(9)12/h6,9,16H,2-5H2,1H3. The summed E-state index contributed by atoms with van der Waals surface area (Å²) in [5.74, 6) is 0.199. The van der Waals surface area contributed by atoms with E-state index in [1.807, 2.05) is 0 Å². The largest absolute Gasteiger partial charge is 0.492 e. The Hall–Kier alpha value is -0.320. The van der Waals surface area contributed by atoms with Crippen LogP contribution in [0.1, 0.15) is 31.4 Å². The molecule has 1 aliphatic rings.